The number of nitrogens with one attached hydrogen (secondary N) is 12. The molecule has 7 rings (SSSR count). The maximum absolute atomic E-state index is 15.1. The Kier molecular flexibility index (Phi) is 34.8. The molecule has 4 aromatic carbocycles. The third-order valence-electron chi connectivity index (χ3n) is 19.0. The number of aliphatic hydroxyl groups is 1. The average molecular weight is 1540 g/mol. The second-order valence-corrected chi connectivity index (χ2v) is 29.2. The van der Waals surface area contributed by atoms with E-state index in [4.69, 9.17) is 17.3 Å². The van der Waals surface area contributed by atoms with Gasteiger partial charge in [-0.1, -0.05) is 106 Å². The average Bonchev–Trinajstić information content (AvgIpc) is 1.71. The van der Waals surface area contributed by atoms with E-state index in [9.17, 15) is 63.0 Å². The van der Waals surface area contributed by atoms with Gasteiger partial charge in [-0.3, -0.25) is 67.3 Å². The number of amides is 13. The molecule has 10 unspecified atom stereocenters. The van der Waals surface area contributed by atoms with E-state index in [1.54, 1.807) is 36.4 Å². The second kappa shape index (κ2) is 44.2. The molecule has 0 spiro atoms. The molecule has 2 saturated heterocycles. The fourth-order valence-electron chi connectivity index (χ4n) is 13.1. The molecule has 110 heavy (non-hydrogen) atoms. The molecule has 1 aromatic heterocycles. The van der Waals surface area contributed by atoms with Gasteiger partial charge in [0.1, 0.15) is 66.2 Å². The summed E-state index contributed by atoms with van der Waals surface area (Å²) in [5.41, 5.74) is 7.71. The SMILES string of the molecule is CC(=O)NC(Cc1ccc2ccccc2c1)C(=O)NC(Cc1ccc(Cl)cc1)C(=O)NC1CCCCNC(=O)CCC(C(N)=O)NC(=O)C2CCCN2C(=O)C(CCCCNC(C)C)NC(=O)C(CC(C)C)NC(=O)C(CCCCNC(=O)c2cccnc2)NC(=O)C(Cc2ccc(O)cc2)NC(=O)C(CO)NC1=O. The van der Waals surface area contributed by atoms with Gasteiger partial charge in [-0.15, -0.1) is 0 Å². The van der Waals surface area contributed by atoms with Crippen LogP contribution in [-0.4, -0.2) is 196 Å². The van der Waals surface area contributed by atoms with E-state index in [0.29, 0.717) is 53.1 Å². The zero-order valence-corrected chi connectivity index (χ0v) is 63.8. The smallest absolute Gasteiger partial charge is 0.252 e. The molecule has 0 radical (unpaired) electrons. The summed E-state index contributed by atoms with van der Waals surface area (Å²) in [6, 6.07) is 14.3. The first-order valence-electron chi connectivity index (χ1n) is 37.7. The number of phenolic OH excluding ortho intramolecular Hbond substituents is 1. The highest BCUT2D eigenvalue weighted by atomic mass is 35.5. The maximum atomic E-state index is 15.1. The molecular weight excluding hydrogens is 1430 g/mol. The van der Waals surface area contributed by atoms with Gasteiger partial charge in [0.15, 0.2) is 0 Å². The first-order chi connectivity index (χ1) is 52.6. The molecule has 10 atom stereocenters. The van der Waals surface area contributed by atoms with Crippen LogP contribution in [0.3, 0.4) is 0 Å². The third kappa shape index (κ3) is 28.4. The summed E-state index contributed by atoms with van der Waals surface area (Å²) >= 11 is 6.27. The van der Waals surface area contributed by atoms with Crippen LogP contribution < -0.4 is 69.5 Å². The molecule has 2 aliphatic heterocycles. The van der Waals surface area contributed by atoms with E-state index < -0.39 is 144 Å². The minimum Gasteiger partial charge on any atom is -0.508 e. The Morgan fingerprint density at radius 3 is 1.92 bits per heavy atom. The standard InChI is InChI=1S/C79H106ClN15O15/c1-47(2)40-62-73(104)90-61(21-10-11-36-83-48(3)4)79(110)95-39-15-22-67(95)78(109)87-58(69(81)100)33-34-68(99)84-37-12-8-19-60(89-75(106)64(42-50-24-29-56(80)30-25-50)92-74(105)63(86-49(5)97)44-52-23-28-53-16-6-7-17-54(53)41-52)72(103)94-66(46-96)77(108)93-65(43-51-26-31-57(98)32-27-51)76(107)88-59(71(102)91-62)20-9-13-38-85-70(101)55-18-14-35-82-45-55/h6-7,14,16-18,23-32,35,41,45,47-48,58-67,83,96,98H,8-13,15,19-22,33-34,36-40,42-44,46H2,1-5H3,(H2,81,100)(H,84,99)(H,85,101)(H,86,97)(H,87,109)(H,88,107)(H,89,106)(H,90,104)(H,91,102)(H,92,105)(H,93,108)(H,94,103). The van der Waals surface area contributed by atoms with Gasteiger partial charge in [0, 0.05) is 75.7 Å². The van der Waals surface area contributed by atoms with Crippen molar-refractivity contribution in [2.45, 2.75) is 210 Å². The predicted molar refractivity (Wildman–Crippen MR) is 412 cm³/mol. The number of carbonyl (C=O) groups excluding carboxylic acids is 13. The lowest BCUT2D eigenvalue weighted by Crippen LogP contribution is -2.61. The second-order valence-electron chi connectivity index (χ2n) is 28.7. The molecular formula is C79H106ClN15O15. The molecule has 0 aliphatic carbocycles. The van der Waals surface area contributed by atoms with Crippen molar-refractivity contribution in [3.63, 3.8) is 0 Å². The van der Waals surface area contributed by atoms with Gasteiger partial charge in [-0.05, 0) is 160 Å². The zero-order chi connectivity index (χ0) is 79.8. The van der Waals surface area contributed by atoms with E-state index in [1.165, 1.54) is 48.5 Å². The molecule has 0 saturated carbocycles. The number of nitrogens with zero attached hydrogens (tertiary/aromatic N) is 2. The molecule has 30 nitrogen and oxygen atoms in total. The van der Waals surface area contributed by atoms with Crippen LogP contribution in [0.2, 0.25) is 5.02 Å². The number of hydrogen-bond donors (Lipinski definition) is 15. The van der Waals surface area contributed by atoms with Crippen LogP contribution >= 0.6 is 11.6 Å². The van der Waals surface area contributed by atoms with Gasteiger partial charge in [-0.2, -0.15) is 0 Å². The van der Waals surface area contributed by atoms with Crippen LogP contribution in [0.25, 0.3) is 10.8 Å². The first kappa shape index (κ1) is 86.6. The number of aliphatic hydroxyl groups excluding tert-OH is 1. The molecule has 0 bridgehead atoms. The van der Waals surface area contributed by atoms with Gasteiger partial charge < -0.3 is 84.6 Å². The van der Waals surface area contributed by atoms with Crippen molar-refractivity contribution in [2.75, 3.05) is 32.8 Å². The normalized spacial score (nSPS) is 21.1. The summed E-state index contributed by atoms with van der Waals surface area (Å²) < 4.78 is 0. The number of halogens is 1. The van der Waals surface area contributed by atoms with Gasteiger partial charge in [0.05, 0.1) is 12.2 Å². The molecule has 5 aromatic rings. The number of primary amides is 1. The lowest BCUT2D eigenvalue weighted by Gasteiger charge is -2.31. The number of hydrogen-bond acceptors (Lipinski definition) is 17. The Bertz CT molecular complexity index is 3960. The number of unbranched alkanes of at least 4 members (excludes halogenated alkanes) is 2. The number of carbonyl (C=O) groups is 13. The van der Waals surface area contributed by atoms with Crippen molar-refractivity contribution in [3.05, 3.63) is 143 Å². The predicted octanol–water partition coefficient (Wildman–Crippen LogP) is 2.37. The number of aromatic nitrogens is 1. The lowest BCUT2D eigenvalue weighted by atomic mass is 9.99. The number of fused-ring (bicyclic) bond motifs is 2. The Labute approximate surface area is 645 Å². The van der Waals surface area contributed by atoms with Crippen molar-refractivity contribution in [2.24, 2.45) is 11.7 Å². The highest BCUT2D eigenvalue weighted by molar-refractivity contribution is 6.30. The first-order valence-corrected chi connectivity index (χ1v) is 38.1. The monoisotopic (exact) mass is 1540 g/mol. The van der Waals surface area contributed by atoms with E-state index in [2.05, 4.69) is 68.8 Å². The Balaban J connectivity index is 1.23. The fourth-order valence-corrected chi connectivity index (χ4v) is 13.2. The molecule has 2 fully saturated rings. The number of rotatable bonds is 27. The van der Waals surface area contributed by atoms with Gasteiger partial charge in [0.2, 0.25) is 70.9 Å². The number of aromatic hydroxyl groups is 1. The molecule has 13 amide bonds. The van der Waals surface area contributed by atoms with E-state index in [1.807, 2.05) is 70.2 Å². The highest BCUT2D eigenvalue weighted by Crippen LogP contribution is 2.23. The van der Waals surface area contributed by atoms with E-state index >= 15 is 9.59 Å². The van der Waals surface area contributed by atoms with Gasteiger partial charge in [0.25, 0.3) is 5.91 Å². The minimum atomic E-state index is -1.86. The van der Waals surface area contributed by atoms with Crippen LogP contribution in [0.1, 0.15) is 152 Å². The highest BCUT2D eigenvalue weighted by Gasteiger charge is 2.41. The summed E-state index contributed by atoms with van der Waals surface area (Å²) in [4.78, 5) is 191. The quantitative estimate of drug-likeness (QED) is 0.0336. The molecule has 594 valence electrons. The van der Waals surface area contributed by atoms with Crippen molar-refractivity contribution in [1.82, 2.24) is 73.7 Å². The fraction of sp³-hybridized carbons (Fsp3) is 0.494. The topological polar surface area (TPSA) is 449 Å². The largest absolute Gasteiger partial charge is 0.508 e. The molecule has 3 heterocycles. The van der Waals surface area contributed by atoms with Gasteiger partial charge >= 0.3 is 0 Å². The number of benzene rings is 4. The summed E-state index contributed by atoms with van der Waals surface area (Å²) in [5, 5.41) is 56.8. The maximum Gasteiger partial charge on any atom is 0.252 e. The zero-order valence-electron chi connectivity index (χ0n) is 63.0. The van der Waals surface area contributed by atoms with Gasteiger partial charge in [-0.25, -0.2) is 0 Å². The summed E-state index contributed by atoms with van der Waals surface area (Å²) in [6.45, 7) is 8.53. The van der Waals surface area contributed by atoms with Crippen LogP contribution in [0, 0.1) is 5.92 Å². The van der Waals surface area contributed by atoms with Crippen molar-refractivity contribution < 1.29 is 72.5 Å². The summed E-state index contributed by atoms with van der Waals surface area (Å²) in [5.74, 6) is -10.6. The molecule has 31 heteroatoms. The Morgan fingerprint density at radius 2 is 1.24 bits per heavy atom. The Morgan fingerprint density at radius 1 is 0.618 bits per heavy atom. The van der Waals surface area contributed by atoms with Crippen LogP contribution in [0.4, 0.5) is 0 Å². The van der Waals surface area contributed by atoms with Crippen molar-refractivity contribution in [3.8, 4) is 5.75 Å². The van der Waals surface area contributed by atoms with Crippen LogP contribution in [0.5, 0.6) is 5.75 Å². The van der Waals surface area contributed by atoms with Crippen LogP contribution in [-0.2, 0) is 76.8 Å². The number of pyridine rings is 1. The van der Waals surface area contributed by atoms with Crippen LogP contribution in [0.15, 0.2) is 116 Å². The summed E-state index contributed by atoms with van der Waals surface area (Å²) in [7, 11) is 0. The van der Waals surface area contributed by atoms with Crippen molar-refractivity contribution in [1.29, 1.82) is 0 Å². The third-order valence-corrected chi connectivity index (χ3v) is 19.2. The molecule has 2 aliphatic rings. The van der Waals surface area contributed by atoms with E-state index in [-0.39, 0.29) is 127 Å². The minimum absolute atomic E-state index is 0.00325. The number of phenols is 1. The summed E-state index contributed by atoms with van der Waals surface area (Å²) in [6.07, 6.45) is 3.95. The molecule has 16 N–H and O–H groups in total. The number of nitrogens with two attached hydrogens (primary N) is 1. The van der Waals surface area contributed by atoms with Crippen molar-refractivity contribution >= 4 is 99.2 Å². The Hall–Kier alpha value is -10.6. The van der Waals surface area contributed by atoms with E-state index in [0.717, 1.165) is 10.8 Å². The lowest BCUT2D eigenvalue weighted by molar-refractivity contribution is -0.142.